The first-order valence-electron chi connectivity index (χ1n) is 9.42. The predicted octanol–water partition coefficient (Wildman–Crippen LogP) is 3.52. The summed E-state index contributed by atoms with van der Waals surface area (Å²) in [5.74, 6) is 0. The smallest absolute Gasteiger partial charge is 0.0431 e. The molecule has 0 saturated carbocycles. The zero-order valence-corrected chi connectivity index (χ0v) is 14.4. The van der Waals surface area contributed by atoms with Gasteiger partial charge in [0.1, 0.15) is 0 Å². The van der Waals surface area contributed by atoms with Crippen LogP contribution in [0.25, 0.3) is 0 Å². The lowest BCUT2D eigenvalue weighted by Gasteiger charge is -2.33. The minimum Gasteiger partial charge on any atom is -0.396 e. The van der Waals surface area contributed by atoms with Crippen molar-refractivity contribution in [2.45, 2.75) is 71.1 Å². The Balaban J connectivity index is 1.77. The van der Waals surface area contributed by atoms with Crippen LogP contribution in [-0.2, 0) is 0 Å². The molecule has 1 N–H and O–H groups in total. The number of hydrogen-bond donors (Lipinski definition) is 1. The molecular weight excluding hydrogens is 260 g/mol. The molecule has 21 heavy (non-hydrogen) atoms. The highest BCUT2D eigenvalue weighted by molar-refractivity contribution is 4.70. The first kappa shape index (κ1) is 18.9. The number of hydrogen-bond acceptors (Lipinski definition) is 3. The van der Waals surface area contributed by atoms with Gasteiger partial charge in [0.05, 0.1) is 0 Å². The van der Waals surface area contributed by atoms with Gasteiger partial charge in [0.25, 0.3) is 0 Å². The summed E-state index contributed by atoms with van der Waals surface area (Å²) in [4.78, 5) is 5.20. The van der Waals surface area contributed by atoms with Crippen molar-refractivity contribution in [3.05, 3.63) is 0 Å². The molecule has 1 saturated heterocycles. The second-order valence-corrected chi connectivity index (χ2v) is 6.54. The van der Waals surface area contributed by atoms with E-state index in [0.29, 0.717) is 6.61 Å². The van der Waals surface area contributed by atoms with Crippen LogP contribution in [0.3, 0.4) is 0 Å². The number of likely N-dealkylation sites (N-methyl/N-ethyl adjacent to an activating group) is 1. The van der Waals surface area contributed by atoms with E-state index in [0.717, 1.165) is 6.42 Å². The lowest BCUT2D eigenvalue weighted by molar-refractivity contribution is 0.135. The third-order valence-corrected chi connectivity index (χ3v) is 4.79. The summed E-state index contributed by atoms with van der Waals surface area (Å²) in [5.41, 5.74) is 0. The second-order valence-electron chi connectivity index (χ2n) is 6.54. The average molecular weight is 299 g/mol. The molecule has 1 fully saturated rings. The van der Waals surface area contributed by atoms with Crippen LogP contribution in [0, 0.1) is 0 Å². The minimum atomic E-state index is 0.369. The van der Waals surface area contributed by atoms with Crippen molar-refractivity contribution in [3.63, 3.8) is 0 Å². The Hall–Kier alpha value is -0.120. The van der Waals surface area contributed by atoms with E-state index in [2.05, 4.69) is 16.7 Å². The van der Waals surface area contributed by atoms with E-state index in [1.807, 2.05) is 0 Å². The molecule has 126 valence electrons. The third kappa shape index (κ3) is 10.3. The first-order chi connectivity index (χ1) is 10.4. The summed E-state index contributed by atoms with van der Waals surface area (Å²) in [5, 5.41) is 8.70. The molecule has 0 aromatic rings. The molecule has 0 atom stereocenters. The van der Waals surface area contributed by atoms with E-state index < -0.39 is 0 Å². The van der Waals surface area contributed by atoms with E-state index in [9.17, 15) is 0 Å². The summed E-state index contributed by atoms with van der Waals surface area (Å²) >= 11 is 0. The molecule has 0 amide bonds. The molecule has 0 radical (unpaired) electrons. The Morgan fingerprint density at radius 1 is 0.619 bits per heavy atom. The van der Waals surface area contributed by atoms with Crippen LogP contribution in [0.5, 0.6) is 0 Å². The van der Waals surface area contributed by atoms with Crippen LogP contribution in [-0.4, -0.2) is 60.8 Å². The Labute approximate surface area is 132 Å². The van der Waals surface area contributed by atoms with E-state index in [-0.39, 0.29) is 0 Å². The predicted molar refractivity (Wildman–Crippen MR) is 91.8 cm³/mol. The Morgan fingerprint density at radius 3 is 1.52 bits per heavy atom. The molecule has 0 spiro atoms. The van der Waals surface area contributed by atoms with E-state index >= 15 is 0 Å². The maximum absolute atomic E-state index is 8.70. The maximum atomic E-state index is 8.70. The SMILES string of the molecule is CCN1CCN(CCCCCCCCCCCCO)CC1. The van der Waals surface area contributed by atoms with E-state index in [1.165, 1.54) is 97.1 Å². The zero-order valence-electron chi connectivity index (χ0n) is 14.4. The molecule has 0 unspecified atom stereocenters. The first-order valence-corrected chi connectivity index (χ1v) is 9.42. The Morgan fingerprint density at radius 2 is 1.05 bits per heavy atom. The molecule has 3 nitrogen and oxygen atoms in total. The Bertz CT molecular complexity index is 215. The van der Waals surface area contributed by atoms with Gasteiger partial charge in [-0.2, -0.15) is 0 Å². The molecule has 3 heteroatoms. The minimum absolute atomic E-state index is 0.369. The summed E-state index contributed by atoms with van der Waals surface area (Å²) < 4.78 is 0. The van der Waals surface area contributed by atoms with Gasteiger partial charge in [-0.05, 0) is 25.9 Å². The molecule has 1 aliphatic heterocycles. The summed E-state index contributed by atoms with van der Waals surface area (Å²) in [6.07, 6.45) is 13.3. The molecule has 0 aromatic heterocycles. The van der Waals surface area contributed by atoms with Crippen LogP contribution in [0.15, 0.2) is 0 Å². The number of nitrogens with zero attached hydrogens (tertiary/aromatic N) is 2. The molecule has 1 heterocycles. The normalized spacial score (nSPS) is 17.4. The van der Waals surface area contributed by atoms with Crippen molar-refractivity contribution in [2.75, 3.05) is 45.9 Å². The highest BCUT2D eigenvalue weighted by Gasteiger charge is 2.14. The fourth-order valence-electron chi connectivity index (χ4n) is 3.19. The number of piperazine rings is 1. The van der Waals surface area contributed by atoms with Gasteiger partial charge in [-0.25, -0.2) is 0 Å². The van der Waals surface area contributed by atoms with Gasteiger partial charge >= 0.3 is 0 Å². The van der Waals surface area contributed by atoms with Crippen LogP contribution in [0.1, 0.15) is 71.1 Å². The van der Waals surface area contributed by atoms with Crippen molar-refractivity contribution >= 4 is 0 Å². The zero-order chi connectivity index (χ0) is 15.2. The maximum Gasteiger partial charge on any atom is 0.0431 e. The van der Waals surface area contributed by atoms with Gasteiger partial charge in [-0.3, -0.25) is 0 Å². The number of aliphatic hydroxyl groups is 1. The van der Waals surface area contributed by atoms with Crippen molar-refractivity contribution in [3.8, 4) is 0 Å². The molecule has 1 aliphatic rings. The van der Waals surface area contributed by atoms with E-state index in [4.69, 9.17) is 5.11 Å². The van der Waals surface area contributed by atoms with Crippen LogP contribution in [0.4, 0.5) is 0 Å². The largest absolute Gasteiger partial charge is 0.396 e. The van der Waals surface area contributed by atoms with Gasteiger partial charge in [0, 0.05) is 32.8 Å². The van der Waals surface area contributed by atoms with Gasteiger partial charge in [0.2, 0.25) is 0 Å². The topological polar surface area (TPSA) is 26.7 Å². The van der Waals surface area contributed by atoms with Gasteiger partial charge in [-0.15, -0.1) is 0 Å². The van der Waals surface area contributed by atoms with Gasteiger partial charge in [0.15, 0.2) is 0 Å². The van der Waals surface area contributed by atoms with Crippen molar-refractivity contribution in [1.29, 1.82) is 0 Å². The number of aliphatic hydroxyl groups excluding tert-OH is 1. The second kappa shape index (κ2) is 13.5. The molecule has 1 rings (SSSR count). The average Bonchev–Trinajstić information content (AvgIpc) is 2.53. The third-order valence-electron chi connectivity index (χ3n) is 4.79. The monoisotopic (exact) mass is 298 g/mol. The summed E-state index contributed by atoms with van der Waals surface area (Å²) in [7, 11) is 0. The Kier molecular flexibility index (Phi) is 12.2. The fourth-order valence-corrected chi connectivity index (χ4v) is 3.19. The van der Waals surface area contributed by atoms with Crippen LogP contribution >= 0.6 is 0 Å². The molecular formula is C18H38N2O. The highest BCUT2D eigenvalue weighted by Crippen LogP contribution is 2.11. The van der Waals surface area contributed by atoms with Gasteiger partial charge in [-0.1, -0.05) is 58.3 Å². The number of unbranched alkanes of at least 4 members (excludes halogenated alkanes) is 9. The lowest BCUT2D eigenvalue weighted by atomic mass is 10.1. The van der Waals surface area contributed by atoms with Crippen molar-refractivity contribution < 1.29 is 5.11 Å². The van der Waals surface area contributed by atoms with Gasteiger partial charge < -0.3 is 14.9 Å². The number of rotatable bonds is 13. The van der Waals surface area contributed by atoms with Crippen molar-refractivity contribution in [1.82, 2.24) is 9.80 Å². The lowest BCUT2D eigenvalue weighted by Crippen LogP contribution is -2.46. The quantitative estimate of drug-likeness (QED) is 0.527. The van der Waals surface area contributed by atoms with Crippen LogP contribution < -0.4 is 0 Å². The molecule has 0 aliphatic carbocycles. The van der Waals surface area contributed by atoms with Crippen molar-refractivity contribution in [2.24, 2.45) is 0 Å². The molecule has 0 aromatic carbocycles. The highest BCUT2D eigenvalue weighted by atomic mass is 16.2. The van der Waals surface area contributed by atoms with Crippen LogP contribution in [0.2, 0.25) is 0 Å². The summed E-state index contributed by atoms with van der Waals surface area (Å²) in [6, 6.07) is 0. The fraction of sp³-hybridized carbons (Fsp3) is 1.00. The standard InChI is InChI=1S/C18H38N2O/c1-2-19-14-16-20(17-15-19)13-11-9-7-5-3-4-6-8-10-12-18-21/h21H,2-18H2,1H3. The molecule has 0 bridgehead atoms. The van der Waals surface area contributed by atoms with E-state index in [1.54, 1.807) is 0 Å². The summed E-state index contributed by atoms with van der Waals surface area (Å²) in [6.45, 7) is 10.3.